The Hall–Kier alpha value is -2.74. The Morgan fingerprint density at radius 3 is 2.71 bits per heavy atom. The molecule has 2 N–H and O–H groups in total. The molecule has 1 aliphatic rings. The highest BCUT2D eigenvalue weighted by molar-refractivity contribution is 6.29. The second kappa shape index (κ2) is 7.71. The van der Waals surface area contributed by atoms with E-state index in [-0.39, 0.29) is 28.3 Å². The molecule has 0 atom stereocenters. The first-order valence-electron chi connectivity index (χ1n) is 8.76. The number of hydrogen-bond acceptors (Lipinski definition) is 6. The summed E-state index contributed by atoms with van der Waals surface area (Å²) in [5.74, 6) is -0.475. The first-order chi connectivity index (χ1) is 13.2. The summed E-state index contributed by atoms with van der Waals surface area (Å²) in [4.78, 5) is 17.9. The molecule has 3 heterocycles. The predicted octanol–water partition coefficient (Wildman–Crippen LogP) is 3.94. The molecule has 0 aliphatic carbocycles. The molecule has 2 aromatic rings. The zero-order valence-corrected chi connectivity index (χ0v) is 16.6. The van der Waals surface area contributed by atoms with Crippen LogP contribution in [0, 0.1) is 5.82 Å². The molecule has 28 heavy (non-hydrogen) atoms. The zero-order valence-electron chi connectivity index (χ0n) is 15.9. The van der Waals surface area contributed by atoms with E-state index in [0.717, 1.165) is 5.57 Å². The third-order valence-corrected chi connectivity index (χ3v) is 4.33. The van der Waals surface area contributed by atoms with Gasteiger partial charge in [0.05, 0.1) is 5.56 Å². The second-order valence-electron chi connectivity index (χ2n) is 7.39. The van der Waals surface area contributed by atoms with Crippen molar-refractivity contribution in [3.8, 4) is 11.3 Å². The number of rotatable bonds is 2. The van der Waals surface area contributed by atoms with Crippen molar-refractivity contribution >= 4 is 29.1 Å². The van der Waals surface area contributed by atoms with Crippen molar-refractivity contribution in [2.45, 2.75) is 32.8 Å². The lowest BCUT2D eigenvalue weighted by Gasteiger charge is -2.29. The van der Waals surface area contributed by atoms with Gasteiger partial charge in [0.1, 0.15) is 11.3 Å². The average molecular weight is 406 g/mol. The lowest BCUT2D eigenvalue weighted by molar-refractivity contribution is 0.0270. The maximum atomic E-state index is 15.2. The van der Waals surface area contributed by atoms with E-state index in [0.29, 0.717) is 25.1 Å². The second-order valence-corrected chi connectivity index (χ2v) is 7.78. The maximum absolute atomic E-state index is 15.2. The number of aromatic nitrogens is 3. The minimum absolute atomic E-state index is 0.0432. The molecule has 7 nitrogen and oxygen atoms in total. The normalized spacial score (nSPS) is 14.6. The third kappa shape index (κ3) is 4.39. The molecule has 148 valence electrons. The number of nitrogen functional groups attached to an aromatic ring is 1. The van der Waals surface area contributed by atoms with Crippen LogP contribution in [0.5, 0.6) is 0 Å². The number of carbonyl (C=O) groups excluding carboxylic acids is 1. The molecule has 0 radical (unpaired) electrons. The van der Waals surface area contributed by atoms with E-state index in [9.17, 15) is 4.79 Å². The molecule has 0 fully saturated rings. The van der Waals surface area contributed by atoms with E-state index < -0.39 is 11.4 Å². The van der Waals surface area contributed by atoms with Gasteiger partial charge in [-0.05, 0) is 44.9 Å². The van der Waals surface area contributed by atoms with Crippen LogP contribution < -0.4 is 5.73 Å². The highest BCUT2D eigenvalue weighted by Crippen LogP contribution is 2.32. The van der Waals surface area contributed by atoms with E-state index in [4.69, 9.17) is 22.1 Å². The number of amides is 1. The fraction of sp³-hybridized carbons (Fsp3) is 0.368. The fourth-order valence-electron chi connectivity index (χ4n) is 2.85. The first kappa shape index (κ1) is 20.0. The van der Waals surface area contributed by atoms with Crippen LogP contribution in [0.15, 0.2) is 24.4 Å². The van der Waals surface area contributed by atoms with Crippen LogP contribution in [0.25, 0.3) is 16.8 Å². The summed E-state index contributed by atoms with van der Waals surface area (Å²) < 4.78 is 20.6. The van der Waals surface area contributed by atoms with Gasteiger partial charge in [-0.1, -0.05) is 17.7 Å². The maximum Gasteiger partial charge on any atom is 0.410 e. The molecule has 2 aromatic heterocycles. The van der Waals surface area contributed by atoms with Crippen molar-refractivity contribution in [2.75, 3.05) is 18.8 Å². The Bertz CT molecular complexity index is 942. The summed E-state index contributed by atoms with van der Waals surface area (Å²) in [6.07, 6.45) is 3.42. The summed E-state index contributed by atoms with van der Waals surface area (Å²) >= 11 is 5.86. The number of nitrogens with two attached hydrogens (primary N) is 1. The van der Waals surface area contributed by atoms with E-state index in [1.54, 1.807) is 11.0 Å². The van der Waals surface area contributed by atoms with Crippen molar-refractivity contribution in [2.24, 2.45) is 0 Å². The minimum atomic E-state index is -0.563. The van der Waals surface area contributed by atoms with Gasteiger partial charge in [0.2, 0.25) is 0 Å². The Morgan fingerprint density at radius 2 is 2.07 bits per heavy atom. The third-order valence-electron chi connectivity index (χ3n) is 4.14. The van der Waals surface area contributed by atoms with E-state index in [1.165, 1.54) is 12.3 Å². The molecule has 0 saturated carbocycles. The molecule has 0 spiro atoms. The Balaban J connectivity index is 1.86. The molecule has 3 rings (SSSR count). The van der Waals surface area contributed by atoms with Crippen LogP contribution in [0.4, 0.5) is 15.0 Å². The van der Waals surface area contributed by atoms with Gasteiger partial charge in [0, 0.05) is 24.8 Å². The fourth-order valence-corrected chi connectivity index (χ4v) is 3.00. The van der Waals surface area contributed by atoms with Gasteiger partial charge >= 0.3 is 6.09 Å². The number of nitrogens with zero attached hydrogens (tertiary/aromatic N) is 4. The van der Waals surface area contributed by atoms with Crippen LogP contribution in [0.1, 0.15) is 32.8 Å². The molecule has 9 heteroatoms. The van der Waals surface area contributed by atoms with E-state index >= 15 is 4.39 Å². The molecule has 0 bridgehead atoms. The highest BCUT2D eigenvalue weighted by Gasteiger charge is 2.25. The Labute approximate surface area is 167 Å². The van der Waals surface area contributed by atoms with Crippen molar-refractivity contribution in [3.63, 3.8) is 0 Å². The van der Waals surface area contributed by atoms with Crippen LogP contribution in [0.2, 0.25) is 5.15 Å². The van der Waals surface area contributed by atoms with Gasteiger partial charge < -0.3 is 15.4 Å². The molecule has 1 amide bonds. The number of hydrogen-bond donors (Lipinski definition) is 1. The lowest BCUT2D eigenvalue weighted by Crippen LogP contribution is -2.39. The van der Waals surface area contributed by atoms with Crippen molar-refractivity contribution in [1.82, 2.24) is 20.1 Å². The number of carbonyl (C=O) groups is 1. The standard InChI is InChI=1S/C19H21ClFN5O2/c1-19(2,3)28-18(27)26-8-5-11(6-9-26)12-4-7-23-16(15(12)21)13-10-14(20)24-25-17(13)22/h4-5,7,10H,6,8-9H2,1-3H3,(H2,22,25). The summed E-state index contributed by atoms with van der Waals surface area (Å²) in [6.45, 7) is 6.22. The molecular formula is C19H21ClFN5O2. The monoisotopic (exact) mass is 405 g/mol. The molecule has 0 aromatic carbocycles. The highest BCUT2D eigenvalue weighted by atomic mass is 35.5. The van der Waals surface area contributed by atoms with E-state index in [1.807, 2.05) is 26.8 Å². The van der Waals surface area contributed by atoms with Crippen LogP contribution in [-0.2, 0) is 4.74 Å². The topological polar surface area (TPSA) is 94.2 Å². The molecule has 1 aliphatic heterocycles. The quantitative estimate of drug-likeness (QED) is 0.813. The Kier molecular flexibility index (Phi) is 5.51. The van der Waals surface area contributed by atoms with Gasteiger partial charge in [-0.25, -0.2) is 9.18 Å². The summed E-state index contributed by atoms with van der Waals surface area (Å²) in [5, 5.41) is 7.45. The van der Waals surface area contributed by atoms with Crippen LogP contribution >= 0.6 is 11.6 Å². The van der Waals surface area contributed by atoms with Gasteiger partial charge in [-0.3, -0.25) is 4.98 Å². The summed E-state index contributed by atoms with van der Waals surface area (Å²) in [7, 11) is 0. The Morgan fingerprint density at radius 1 is 1.32 bits per heavy atom. The predicted molar refractivity (Wildman–Crippen MR) is 105 cm³/mol. The van der Waals surface area contributed by atoms with Crippen molar-refractivity contribution in [1.29, 1.82) is 0 Å². The number of anilines is 1. The number of pyridine rings is 1. The van der Waals surface area contributed by atoms with Gasteiger partial charge in [0.25, 0.3) is 0 Å². The van der Waals surface area contributed by atoms with Crippen LogP contribution in [-0.4, -0.2) is 44.9 Å². The minimum Gasteiger partial charge on any atom is -0.444 e. The lowest BCUT2D eigenvalue weighted by atomic mass is 9.98. The van der Waals surface area contributed by atoms with E-state index in [2.05, 4.69) is 15.2 Å². The summed E-state index contributed by atoms with van der Waals surface area (Å²) in [5.41, 5.74) is 6.78. The zero-order chi connectivity index (χ0) is 20.5. The van der Waals surface area contributed by atoms with Gasteiger partial charge in [-0.15, -0.1) is 10.2 Å². The SMILES string of the molecule is CC(C)(C)OC(=O)N1CC=C(c2ccnc(-c3cc(Cl)nnc3N)c2F)CC1. The first-order valence-corrected chi connectivity index (χ1v) is 9.14. The molecule has 0 unspecified atom stereocenters. The van der Waals surface area contributed by atoms with Gasteiger partial charge in [0.15, 0.2) is 16.8 Å². The number of ether oxygens (including phenoxy) is 1. The largest absolute Gasteiger partial charge is 0.444 e. The molecule has 0 saturated heterocycles. The van der Waals surface area contributed by atoms with Crippen LogP contribution in [0.3, 0.4) is 0 Å². The average Bonchev–Trinajstić information content (AvgIpc) is 2.63. The number of halogens is 2. The van der Waals surface area contributed by atoms with Crippen molar-refractivity contribution < 1.29 is 13.9 Å². The van der Waals surface area contributed by atoms with Gasteiger partial charge in [-0.2, -0.15) is 0 Å². The van der Waals surface area contributed by atoms with Crippen molar-refractivity contribution in [3.05, 3.63) is 40.9 Å². The smallest absolute Gasteiger partial charge is 0.410 e. The molecular weight excluding hydrogens is 385 g/mol. The summed E-state index contributed by atoms with van der Waals surface area (Å²) in [6, 6.07) is 3.03.